The first-order valence-corrected chi connectivity index (χ1v) is 17.0. The zero-order valence-corrected chi connectivity index (χ0v) is 27.9. The van der Waals surface area contributed by atoms with Gasteiger partial charge in [0.05, 0.1) is 0 Å². The molecule has 0 spiro atoms. The van der Waals surface area contributed by atoms with Gasteiger partial charge >= 0.3 is 0 Å². The number of aromatic nitrogens is 2. The van der Waals surface area contributed by atoms with E-state index < -0.39 is 12.1 Å². The van der Waals surface area contributed by atoms with Crippen molar-refractivity contribution < 1.29 is 24.3 Å². The zero-order valence-electron chi connectivity index (χ0n) is 27.9. The van der Waals surface area contributed by atoms with Gasteiger partial charge < -0.3 is 26.0 Å². The first-order chi connectivity index (χ1) is 23.2. The fourth-order valence-corrected chi connectivity index (χ4v) is 6.56. The molecular formula is C36H47N7O5. The number of hydrogen-bond acceptors (Lipinski definition) is 7. The highest BCUT2D eigenvalue weighted by Gasteiger charge is 2.32. The Morgan fingerprint density at radius 1 is 0.875 bits per heavy atom. The van der Waals surface area contributed by atoms with E-state index in [0.29, 0.717) is 44.0 Å². The number of piperazine rings is 1. The molecule has 1 aliphatic heterocycles. The molecule has 1 saturated heterocycles. The maximum atomic E-state index is 13.7. The summed E-state index contributed by atoms with van der Waals surface area (Å²) in [5, 5.41) is 22.5. The Bertz CT molecular complexity index is 1540. The molecule has 2 heterocycles. The van der Waals surface area contributed by atoms with Gasteiger partial charge in [0.2, 0.25) is 17.7 Å². The summed E-state index contributed by atoms with van der Waals surface area (Å²) in [7, 11) is 1.69. The molecule has 3 aromatic rings. The van der Waals surface area contributed by atoms with Crippen LogP contribution in [0, 0.1) is 5.92 Å². The second kappa shape index (κ2) is 16.4. The topological polar surface area (TPSA) is 149 Å². The summed E-state index contributed by atoms with van der Waals surface area (Å²) in [5.74, 6) is -0.626. The van der Waals surface area contributed by atoms with E-state index in [2.05, 4.69) is 25.9 Å². The van der Waals surface area contributed by atoms with E-state index >= 15 is 0 Å². The molecule has 2 unspecified atom stereocenters. The molecule has 12 heteroatoms. The van der Waals surface area contributed by atoms with Crippen molar-refractivity contribution in [2.24, 2.45) is 13.0 Å². The van der Waals surface area contributed by atoms with Crippen molar-refractivity contribution in [2.45, 2.75) is 70.5 Å². The Labute approximate surface area is 281 Å². The second-order valence-corrected chi connectivity index (χ2v) is 12.8. The van der Waals surface area contributed by atoms with Crippen LogP contribution in [0.3, 0.4) is 0 Å². The Hall–Kier alpha value is -4.71. The molecule has 2 aromatic carbocycles. The van der Waals surface area contributed by atoms with Crippen LogP contribution in [0.15, 0.2) is 60.8 Å². The normalized spacial score (nSPS) is 16.9. The minimum absolute atomic E-state index is 0.0406. The molecule has 4 amide bonds. The fourth-order valence-electron chi connectivity index (χ4n) is 6.56. The minimum atomic E-state index is -0.709. The predicted octanol–water partition coefficient (Wildman–Crippen LogP) is 3.22. The standard InChI is InChI=1S/C36H47N7O5/c1-3-32(45)39-30(36(48)43-21-19-42(20-22-43)24-26-11-15-29(44)16-12-26)23-25-9-13-28(14-10-25)38-35(47)33(27-7-5-4-6-8-27)40-34(46)31-17-18-37-41(31)2/h9-18,27,30,33,44H,3-8,19-24H2,1-2H3,(H,38,47)(H,39,45)(H,40,46). The van der Waals surface area contributed by atoms with E-state index in [0.717, 1.165) is 49.8 Å². The average Bonchev–Trinajstić information content (AvgIpc) is 3.54. The van der Waals surface area contributed by atoms with E-state index in [9.17, 15) is 24.3 Å². The number of rotatable bonds is 12. The molecule has 1 saturated carbocycles. The van der Waals surface area contributed by atoms with E-state index in [-0.39, 0.29) is 41.7 Å². The molecule has 256 valence electrons. The van der Waals surface area contributed by atoms with Gasteiger partial charge in [-0.3, -0.25) is 28.8 Å². The van der Waals surface area contributed by atoms with E-state index in [1.165, 1.54) is 4.68 Å². The van der Waals surface area contributed by atoms with Crippen LogP contribution in [0.4, 0.5) is 5.69 Å². The van der Waals surface area contributed by atoms with Gasteiger partial charge in [-0.1, -0.05) is 50.5 Å². The van der Waals surface area contributed by atoms with Gasteiger partial charge in [-0.05, 0) is 60.2 Å². The van der Waals surface area contributed by atoms with Crippen LogP contribution in [0.5, 0.6) is 5.75 Å². The third-order valence-electron chi connectivity index (χ3n) is 9.39. The van der Waals surface area contributed by atoms with Crippen molar-refractivity contribution in [3.63, 3.8) is 0 Å². The van der Waals surface area contributed by atoms with E-state index in [1.807, 2.05) is 29.2 Å². The third-order valence-corrected chi connectivity index (χ3v) is 9.39. The lowest BCUT2D eigenvalue weighted by Crippen LogP contribution is -2.55. The van der Waals surface area contributed by atoms with Crippen molar-refractivity contribution in [1.29, 1.82) is 0 Å². The Morgan fingerprint density at radius 3 is 2.17 bits per heavy atom. The third kappa shape index (κ3) is 9.21. The molecule has 1 aliphatic carbocycles. The number of hydrogen-bond donors (Lipinski definition) is 4. The monoisotopic (exact) mass is 657 g/mol. The highest BCUT2D eigenvalue weighted by atomic mass is 16.3. The van der Waals surface area contributed by atoms with Gasteiger partial charge in [0.25, 0.3) is 5.91 Å². The first kappa shape index (κ1) is 34.6. The van der Waals surface area contributed by atoms with E-state index in [1.54, 1.807) is 50.5 Å². The van der Waals surface area contributed by atoms with Crippen LogP contribution in [-0.2, 0) is 34.4 Å². The van der Waals surface area contributed by atoms with Crippen LogP contribution in [0.25, 0.3) is 0 Å². The quantitative estimate of drug-likeness (QED) is 0.234. The highest BCUT2D eigenvalue weighted by Crippen LogP contribution is 2.28. The first-order valence-electron chi connectivity index (χ1n) is 17.0. The summed E-state index contributed by atoms with van der Waals surface area (Å²) in [6.45, 7) is 5.02. The highest BCUT2D eigenvalue weighted by molar-refractivity contribution is 6.00. The number of carbonyl (C=O) groups is 4. The number of anilines is 1. The number of amides is 4. The number of carbonyl (C=O) groups excluding carboxylic acids is 4. The van der Waals surface area contributed by atoms with Crippen LogP contribution < -0.4 is 16.0 Å². The molecule has 2 fully saturated rings. The van der Waals surface area contributed by atoms with Crippen LogP contribution >= 0.6 is 0 Å². The molecule has 0 bridgehead atoms. The van der Waals surface area contributed by atoms with Crippen LogP contribution in [0.1, 0.15) is 67.1 Å². The molecule has 2 atom stereocenters. The van der Waals surface area contributed by atoms with E-state index in [4.69, 9.17) is 0 Å². The summed E-state index contributed by atoms with van der Waals surface area (Å²) >= 11 is 0. The molecule has 0 radical (unpaired) electrons. The van der Waals surface area contributed by atoms with Gasteiger partial charge in [0.15, 0.2) is 0 Å². The SMILES string of the molecule is CCC(=O)NC(Cc1ccc(NC(=O)C(NC(=O)c2ccnn2C)C2CCCCC2)cc1)C(=O)N1CCN(Cc2ccc(O)cc2)CC1. The maximum absolute atomic E-state index is 13.7. The summed E-state index contributed by atoms with van der Waals surface area (Å²) in [5.41, 5.74) is 2.93. The summed E-state index contributed by atoms with van der Waals surface area (Å²) in [6.07, 6.45) is 7.06. The summed E-state index contributed by atoms with van der Waals surface area (Å²) < 4.78 is 1.49. The number of phenolic OH excluding ortho intramolecular Hbond substituents is 1. The second-order valence-electron chi connectivity index (χ2n) is 12.8. The molecule has 48 heavy (non-hydrogen) atoms. The molecule has 1 aromatic heterocycles. The average molecular weight is 658 g/mol. The van der Waals surface area contributed by atoms with Gasteiger partial charge in [-0.15, -0.1) is 0 Å². The Kier molecular flexibility index (Phi) is 11.8. The summed E-state index contributed by atoms with van der Waals surface area (Å²) in [6, 6.07) is 14.7. The van der Waals surface area contributed by atoms with Gasteiger partial charge in [0, 0.05) is 64.5 Å². The lowest BCUT2D eigenvalue weighted by Gasteiger charge is -2.36. The summed E-state index contributed by atoms with van der Waals surface area (Å²) in [4.78, 5) is 56.8. The van der Waals surface area contributed by atoms with Crippen molar-refractivity contribution in [3.8, 4) is 5.75 Å². The van der Waals surface area contributed by atoms with Crippen molar-refractivity contribution >= 4 is 29.3 Å². The predicted molar refractivity (Wildman–Crippen MR) is 182 cm³/mol. The lowest BCUT2D eigenvalue weighted by molar-refractivity contribution is -0.138. The molecule has 5 rings (SSSR count). The Morgan fingerprint density at radius 2 is 1.54 bits per heavy atom. The smallest absolute Gasteiger partial charge is 0.270 e. The Balaban J connectivity index is 1.20. The van der Waals surface area contributed by atoms with Crippen molar-refractivity contribution in [3.05, 3.63) is 77.6 Å². The van der Waals surface area contributed by atoms with Crippen LogP contribution in [-0.4, -0.2) is 86.6 Å². The largest absolute Gasteiger partial charge is 0.508 e. The zero-order chi connectivity index (χ0) is 34.0. The fraction of sp³-hybridized carbons (Fsp3) is 0.472. The number of benzene rings is 2. The molecular weight excluding hydrogens is 610 g/mol. The number of nitrogens with zero attached hydrogens (tertiary/aromatic N) is 4. The number of aryl methyl sites for hydroxylation is 1. The number of phenols is 1. The van der Waals surface area contributed by atoms with Crippen LogP contribution in [0.2, 0.25) is 0 Å². The van der Waals surface area contributed by atoms with Gasteiger partial charge in [0.1, 0.15) is 23.5 Å². The number of aromatic hydroxyl groups is 1. The molecule has 12 nitrogen and oxygen atoms in total. The molecule has 2 aliphatic rings. The lowest BCUT2D eigenvalue weighted by atomic mass is 9.83. The van der Waals surface area contributed by atoms with Crippen molar-refractivity contribution in [1.82, 2.24) is 30.2 Å². The number of nitrogens with one attached hydrogen (secondary N) is 3. The van der Waals surface area contributed by atoms with Gasteiger partial charge in [-0.25, -0.2) is 0 Å². The van der Waals surface area contributed by atoms with Crippen molar-refractivity contribution in [2.75, 3.05) is 31.5 Å². The maximum Gasteiger partial charge on any atom is 0.270 e. The van der Waals surface area contributed by atoms with Gasteiger partial charge in [-0.2, -0.15) is 5.10 Å². The molecule has 4 N–H and O–H groups in total. The minimum Gasteiger partial charge on any atom is -0.508 e.